The standard InChI is InChI=1S/C24H20O/c1-25-21-14-12-18(13-15-21)16-20-17-24(19-8-4-2-3-5-9-19)23-11-7-6-10-22(20)23/h2-15,17H,16H2,1H3. The van der Waals surface area contributed by atoms with E-state index in [1.807, 2.05) is 12.1 Å². The van der Waals surface area contributed by atoms with Crippen molar-refractivity contribution in [3.05, 3.63) is 113 Å². The van der Waals surface area contributed by atoms with Crippen LogP contribution in [0, 0.1) is 0 Å². The molecule has 0 aromatic heterocycles. The summed E-state index contributed by atoms with van der Waals surface area (Å²) in [5.41, 5.74) is 7.86. The van der Waals surface area contributed by atoms with E-state index in [4.69, 9.17) is 4.74 Å². The first-order chi connectivity index (χ1) is 12.3. The fourth-order valence-corrected chi connectivity index (χ4v) is 3.36. The van der Waals surface area contributed by atoms with Crippen LogP contribution in [0.25, 0.3) is 11.1 Å². The van der Waals surface area contributed by atoms with Crippen molar-refractivity contribution in [1.82, 2.24) is 0 Å². The second-order valence-electron chi connectivity index (χ2n) is 6.21. The molecule has 0 saturated carbocycles. The topological polar surface area (TPSA) is 9.23 Å². The largest absolute Gasteiger partial charge is 0.497 e. The lowest BCUT2D eigenvalue weighted by molar-refractivity contribution is 0.414. The molecule has 122 valence electrons. The van der Waals surface area contributed by atoms with Crippen LogP contribution in [0.3, 0.4) is 0 Å². The predicted molar refractivity (Wildman–Crippen MR) is 105 cm³/mol. The zero-order chi connectivity index (χ0) is 17.1. The molecule has 0 radical (unpaired) electrons. The van der Waals surface area contributed by atoms with E-state index < -0.39 is 0 Å². The third-order valence-electron chi connectivity index (χ3n) is 4.63. The maximum atomic E-state index is 5.26. The molecule has 1 heteroatoms. The van der Waals surface area contributed by atoms with Crippen LogP contribution in [0.15, 0.2) is 96.6 Å². The molecule has 0 bridgehead atoms. The van der Waals surface area contributed by atoms with E-state index >= 15 is 0 Å². The average molecular weight is 324 g/mol. The second kappa shape index (κ2) is 6.82. The molecule has 2 aromatic carbocycles. The quantitative estimate of drug-likeness (QED) is 0.696. The number of rotatable bonds is 3. The molecule has 0 N–H and O–H groups in total. The van der Waals surface area contributed by atoms with E-state index in [1.54, 1.807) is 7.11 Å². The van der Waals surface area contributed by atoms with E-state index in [9.17, 15) is 0 Å². The van der Waals surface area contributed by atoms with Gasteiger partial charge in [0, 0.05) is 0 Å². The number of allylic oxidation sites excluding steroid dienone is 10. The van der Waals surface area contributed by atoms with Crippen LogP contribution in [0.2, 0.25) is 0 Å². The molecule has 0 atom stereocenters. The van der Waals surface area contributed by atoms with Gasteiger partial charge in [0.25, 0.3) is 0 Å². The van der Waals surface area contributed by atoms with Crippen LogP contribution in [0.5, 0.6) is 5.75 Å². The van der Waals surface area contributed by atoms with Gasteiger partial charge in [-0.3, -0.25) is 0 Å². The van der Waals surface area contributed by atoms with Gasteiger partial charge in [0.15, 0.2) is 0 Å². The summed E-state index contributed by atoms with van der Waals surface area (Å²) in [6, 6.07) is 17.0. The lowest BCUT2D eigenvalue weighted by atomic mass is 9.98. The van der Waals surface area contributed by atoms with Crippen LogP contribution < -0.4 is 4.74 Å². The van der Waals surface area contributed by atoms with Gasteiger partial charge in [-0.25, -0.2) is 0 Å². The summed E-state index contributed by atoms with van der Waals surface area (Å²) in [6.45, 7) is 0. The third kappa shape index (κ3) is 3.14. The van der Waals surface area contributed by atoms with Crippen LogP contribution in [0.4, 0.5) is 0 Å². The Hall–Kier alpha value is -3.06. The van der Waals surface area contributed by atoms with Gasteiger partial charge in [0.1, 0.15) is 5.75 Å². The molecule has 0 heterocycles. The van der Waals surface area contributed by atoms with E-state index in [1.165, 1.54) is 33.4 Å². The molecule has 0 unspecified atom stereocenters. The Morgan fingerprint density at radius 2 is 1.44 bits per heavy atom. The van der Waals surface area contributed by atoms with Crippen molar-refractivity contribution in [2.45, 2.75) is 6.42 Å². The van der Waals surface area contributed by atoms with Gasteiger partial charge in [-0.15, -0.1) is 0 Å². The molecule has 25 heavy (non-hydrogen) atoms. The molecule has 0 saturated heterocycles. The summed E-state index contributed by atoms with van der Waals surface area (Å²) >= 11 is 0. The molecule has 2 aromatic rings. The van der Waals surface area contributed by atoms with Gasteiger partial charge >= 0.3 is 0 Å². The zero-order valence-corrected chi connectivity index (χ0v) is 14.3. The highest BCUT2D eigenvalue weighted by atomic mass is 16.5. The summed E-state index contributed by atoms with van der Waals surface area (Å²) in [4.78, 5) is 0. The van der Waals surface area contributed by atoms with Crippen molar-refractivity contribution < 1.29 is 4.74 Å². The summed E-state index contributed by atoms with van der Waals surface area (Å²) in [7, 11) is 1.70. The number of benzene rings is 2. The predicted octanol–water partition coefficient (Wildman–Crippen LogP) is 5.77. The maximum Gasteiger partial charge on any atom is 0.118 e. The Morgan fingerprint density at radius 1 is 0.760 bits per heavy atom. The maximum absolute atomic E-state index is 5.26. The molecule has 4 rings (SSSR count). The number of ether oxygens (including phenoxy) is 1. The smallest absolute Gasteiger partial charge is 0.118 e. The Labute approximate surface area is 149 Å². The van der Waals surface area contributed by atoms with E-state index in [0.29, 0.717) is 0 Å². The van der Waals surface area contributed by atoms with Gasteiger partial charge in [-0.05, 0) is 58.0 Å². The van der Waals surface area contributed by atoms with Crippen molar-refractivity contribution in [2.24, 2.45) is 0 Å². The highest BCUT2D eigenvalue weighted by Gasteiger charge is 2.19. The van der Waals surface area contributed by atoms with E-state index in [-0.39, 0.29) is 0 Å². The fraction of sp³-hybridized carbons (Fsp3) is 0.0833. The Morgan fingerprint density at radius 3 is 2.12 bits per heavy atom. The molecule has 1 nitrogen and oxygen atoms in total. The first-order valence-corrected chi connectivity index (χ1v) is 8.54. The molecule has 0 aliphatic heterocycles. The van der Waals surface area contributed by atoms with Crippen molar-refractivity contribution in [2.75, 3.05) is 7.11 Å². The third-order valence-corrected chi connectivity index (χ3v) is 4.63. The first-order valence-electron chi connectivity index (χ1n) is 8.54. The molecule has 2 aliphatic carbocycles. The second-order valence-corrected chi connectivity index (χ2v) is 6.21. The highest BCUT2D eigenvalue weighted by molar-refractivity contribution is 5.98. The SMILES string of the molecule is COc1ccc(CC2=CC(=C3C=CC=CC=C3)c3ccccc32)cc1. The molecule has 0 amide bonds. The molecule has 0 spiro atoms. The lowest BCUT2D eigenvalue weighted by Gasteiger charge is -2.07. The van der Waals surface area contributed by atoms with Crippen LogP contribution in [0.1, 0.15) is 16.7 Å². The average Bonchev–Trinajstić information content (AvgIpc) is 2.84. The van der Waals surface area contributed by atoms with Gasteiger partial charge in [-0.2, -0.15) is 0 Å². The Balaban J connectivity index is 1.74. The Bertz CT molecular complexity index is 916. The summed E-state index contributed by atoms with van der Waals surface area (Å²) in [6.07, 6.45) is 15.9. The zero-order valence-electron chi connectivity index (χ0n) is 14.3. The van der Waals surface area contributed by atoms with Crippen LogP contribution in [-0.2, 0) is 6.42 Å². The van der Waals surface area contributed by atoms with Crippen molar-refractivity contribution in [1.29, 1.82) is 0 Å². The van der Waals surface area contributed by atoms with E-state index in [2.05, 4.69) is 78.9 Å². The normalized spacial score (nSPS) is 15.2. The summed E-state index contributed by atoms with van der Waals surface area (Å²) in [5, 5.41) is 0. The van der Waals surface area contributed by atoms with Gasteiger partial charge in [0.2, 0.25) is 0 Å². The fourth-order valence-electron chi connectivity index (χ4n) is 3.36. The van der Waals surface area contributed by atoms with Crippen LogP contribution >= 0.6 is 0 Å². The Kier molecular flexibility index (Phi) is 4.22. The first kappa shape index (κ1) is 15.5. The van der Waals surface area contributed by atoms with Gasteiger partial charge in [0.05, 0.1) is 7.11 Å². The highest BCUT2D eigenvalue weighted by Crippen LogP contribution is 2.39. The van der Waals surface area contributed by atoms with Crippen molar-refractivity contribution >= 4 is 11.1 Å². The van der Waals surface area contributed by atoms with Crippen LogP contribution in [-0.4, -0.2) is 7.11 Å². The van der Waals surface area contributed by atoms with Crippen molar-refractivity contribution in [3.8, 4) is 5.75 Å². The summed E-state index contributed by atoms with van der Waals surface area (Å²) in [5.74, 6) is 0.897. The molecule has 0 fully saturated rings. The minimum absolute atomic E-state index is 0.897. The number of methoxy groups -OCH3 is 1. The summed E-state index contributed by atoms with van der Waals surface area (Å²) < 4.78 is 5.26. The monoisotopic (exact) mass is 324 g/mol. The number of fused-ring (bicyclic) bond motifs is 1. The molecular weight excluding hydrogens is 304 g/mol. The van der Waals surface area contributed by atoms with E-state index in [0.717, 1.165) is 12.2 Å². The number of hydrogen-bond acceptors (Lipinski definition) is 1. The van der Waals surface area contributed by atoms with Crippen molar-refractivity contribution in [3.63, 3.8) is 0 Å². The van der Waals surface area contributed by atoms with Gasteiger partial charge < -0.3 is 4.74 Å². The lowest BCUT2D eigenvalue weighted by Crippen LogP contribution is -1.90. The minimum Gasteiger partial charge on any atom is -0.497 e. The number of hydrogen-bond donors (Lipinski definition) is 0. The molecule has 2 aliphatic rings. The minimum atomic E-state index is 0.897. The molecular formula is C24H20O. The van der Waals surface area contributed by atoms with Gasteiger partial charge in [-0.1, -0.05) is 72.9 Å².